The zero-order valence-corrected chi connectivity index (χ0v) is 15.0. The molecule has 0 fully saturated rings. The van der Waals surface area contributed by atoms with Crippen molar-refractivity contribution in [1.29, 1.82) is 0 Å². The van der Waals surface area contributed by atoms with Crippen LogP contribution in [0.2, 0.25) is 0 Å². The highest BCUT2D eigenvalue weighted by atomic mass is 79.9. The molecular weight excluding hydrogens is 372 g/mol. The van der Waals surface area contributed by atoms with Crippen LogP contribution in [0, 0.1) is 27.7 Å². The van der Waals surface area contributed by atoms with Gasteiger partial charge in [-0.3, -0.25) is 0 Å². The summed E-state index contributed by atoms with van der Waals surface area (Å²) < 4.78 is 1.18. The fourth-order valence-corrected chi connectivity index (χ4v) is 4.36. The fourth-order valence-electron chi connectivity index (χ4n) is 1.96. The third-order valence-corrected chi connectivity index (χ3v) is 6.62. The molecule has 1 atom stereocenters. The summed E-state index contributed by atoms with van der Waals surface area (Å²) in [6, 6.07) is 6.76. The van der Waals surface area contributed by atoms with Crippen LogP contribution in [0.1, 0.15) is 36.8 Å². The van der Waals surface area contributed by atoms with Crippen molar-refractivity contribution in [2.45, 2.75) is 32.5 Å². The van der Waals surface area contributed by atoms with Crippen molar-refractivity contribution in [3.63, 3.8) is 0 Å². The summed E-state index contributed by atoms with van der Waals surface area (Å²) in [7, 11) is 0. The standard InChI is InChI=1S/C15H16Br2S/c1-8-7-14(18-11(8)4)15(17)12-5-10(3)13(16)6-9(12)2/h5-7,15H,1-4H3. The van der Waals surface area contributed by atoms with Crippen LogP contribution in [0.15, 0.2) is 22.7 Å². The van der Waals surface area contributed by atoms with Gasteiger partial charge in [0, 0.05) is 14.2 Å². The van der Waals surface area contributed by atoms with Crippen molar-refractivity contribution in [3.8, 4) is 0 Å². The molecule has 1 aromatic carbocycles. The lowest BCUT2D eigenvalue weighted by atomic mass is 10.0. The molecule has 0 radical (unpaired) electrons. The van der Waals surface area contributed by atoms with Gasteiger partial charge in [-0.05, 0) is 62.1 Å². The Morgan fingerprint density at radius 1 is 0.944 bits per heavy atom. The molecule has 0 bridgehead atoms. The molecule has 3 heteroatoms. The SMILES string of the molecule is Cc1cc(C(Br)c2cc(C)c(C)s2)c(C)cc1Br. The van der Waals surface area contributed by atoms with Crippen LogP contribution in [-0.4, -0.2) is 0 Å². The molecule has 0 nitrogen and oxygen atoms in total. The van der Waals surface area contributed by atoms with E-state index < -0.39 is 0 Å². The van der Waals surface area contributed by atoms with E-state index in [9.17, 15) is 0 Å². The van der Waals surface area contributed by atoms with E-state index in [1.165, 1.54) is 36.5 Å². The van der Waals surface area contributed by atoms with Crippen molar-refractivity contribution in [3.05, 3.63) is 54.7 Å². The summed E-state index contributed by atoms with van der Waals surface area (Å²) in [5.41, 5.74) is 5.34. The van der Waals surface area contributed by atoms with Crippen LogP contribution in [-0.2, 0) is 0 Å². The highest BCUT2D eigenvalue weighted by Crippen LogP contribution is 2.39. The van der Waals surface area contributed by atoms with E-state index >= 15 is 0 Å². The van der Waals surface area contributed by atoms with Crippen molar-refractivity contribution in [2.24, 2.45) is 0 Å². The lowest BCUT2D eigenvalue weighted by Crippen LogP contribution is -1.95. The van der Waals surface area contributed by atoms with Gasteiger partial charge >= 0.3 is 0 Å². The van der Waals surface area contributed by atoms with E-state index in [0.717, 1.165) is 0 Å². The first-order chi connectivity index (χ1) is 8.40. The second-order valence-electron chi connectivity index (χ2n) is 4.71. The Hall–Kier alpha value is -0.120. The summed E-state index contributed by atoms with van der Waals surface area (Å²) in [6.45, 7) is 8.66. The van der Waals surface area contributed by atoms with Crippen molar-refractivity contribution < 1.29 is 0 Å². The van der Waals surface area contributed by atoms with Gasteiger partial charge in [0.25, 0.3) is 0 Å². The minimum absolute atomic E-state index is 0.293. The van der Waals surface area contributed by atoms with Gasteiger partial charge in [-0.2, -0.15) is 0 Å². The third kappa shape index (κ3) is 2.73. The number of hydrogen-bond acceptors (Lipinski definition) is 1. The topological polar surface area (TPSA) is 0 Å². The second kappa shape index (κ2) is 5.48. The molecular formula is C15H16Br2S. The van der Waals surface area contributed by atoms with E-state index in [2.05, 4.69) is 77.8 Å². The van der Waals surface area contributed by atoms with Crippen LogP contribution < -0.4 is 0 Å². The zero-order valence-electron chi connectivity index (χ0n) is 11.0. The molecule has 0 saturated carbocycles. The van der Waals surface area contributed by atoms with Gasteiger partial charge in [0.2, 0.25) is 0 Å². The Kier molecular flexibility index (Phi) is 4.35. The average molecular weight is 388 g/mol. The molecule has 1 unspecified atom stereocenters. The first kappa shape index (κ1) is 14.3. The Labute approximate surface area is 130 Å². The molecule has 0 aliphatic rings. The fraction of sp³-hybridized carbons (Fsp3) is 0.333. The summed E-state index contributed by atoms with van der Waals surface area (Å²) >= 11 is 9.31. The molecule has 1 aromatic heterocycles. The Balaban J connectivity index is 2.45. The van der Waals surface area contributed by atoms with Gasteiger partial charge in [-0.25, -0.2) is 0 Å². The van der Waals surface area contributed by atoms with Crippen LogP contribution in [0.3, 0.4) is 0 Å². The number of benzene rings is 1. The van der Waals surface area contributed by atoms with E-state index in [1.54, 1.807) is 0 Å². The van der Waals surface area contributed by atoms with Gasteiger partial charge in [-0.15, -0.1) is 11.3 Å². The Bertz CT molecular complexity index is 565. The lowest BCUT2D eigenvalue weighted by Gasteiger charge is -2.13. The Morgan fingerprint density at radius 3 is 2.17 bits per heavy atom. The lowest BCUT2D eigenvalue weighted by molar-refractivity contribution is 1.15. The van der Waals surface area contributed by atoms with Gasteiger partial charge in [0.15, 0.2) is 0 Å². The van der Waals surface area contributed by atoms with Crippen molar-refractivity contribution >= 4 is 43.2 Å². The molecule has 2 rings (SSSR count). The zero-order chi connectivity index (χ0) is 13.4. The molecule has 0 amide bonds. The number of halogens is 2. The van der Waals surface area contributed by atoms with E-state index in [-0.39, 0.29) is 0 Å². The molecule has 2 aromatic rings. The third-order valence-electron chi connectivity index (χ3n) is 3.26. The molecule has 96 valence electrons. The maximum Gasteiger partial charge on any atom is 0.0740 e. The minimum Gasteiger partial charge on any atom is -0.144 e. The van der Waals surface area contributed by atoms with Crippen molar-refractivity contribution in [2.75, 3.05) is 0 Å². The van der Waals surface area contributed by atoms with Crippen LogP contribution in [0.25, 0.3) is 0 Å². The van der Waals surface area contributed by atoms with Crippen LogP contribution in [0.5, 0.6) is 0 Å². The van der Waals surface area contributed by atoms with Gasteiger partial charge in [0.1, 0.15) is 0 Å². The van der Waals surface area contributed by atoms with Crippen molar-refractivity contribution in [1.82, 2.24) is 0 Å². The maximum absolute atomic E-state index is 3.85. The normalized spacial score (nSPS) is 12.8. The minimum atomic E-state index is 0.293. The number of hydrogen-bond donors (Lipinski definition) is 0. The van der Waals surface area contributed by atoms with Crippen LogP contribution in [0.4, 0.5) is 0 Å². The van der Waals surface area contributed by atoms with E-state index in [0.29, 0.717) is 4.83 Å². The monoisotopic (exact) mass is 386 g/mol. The number of alkyl halides is 1. The molecule has 0 N–H and O–H groups in total. The number of rotatable bonds is 2. The van der Waals surface area contributed by atoms with Crippen LogP contribution >= 0.6 is 43.2 Å². The Morgan fingerprint density at radius 2 is 1.61 bits per heavy atom. The second-order valence-corrected chi connectivity index (χ2v) is 7.77. The molecule has 18 heavy (non-hydrogen) atoms. The average Bonchev–Trinajstić information content (AvgIpc) is 2.63. The molecule has 1 heterocycles. The smallest absolute Gasteiger partial charge is 0.0740 e. The summed E-state index contributed by atoms with van der Waals surface area (Å²) in [5, 5.41) is 0. The predicted octanol–water partition coefficient (Wildman–Crippen LogP) is 6.23. The van der Waals surface area contributed by atoms with E-state index in [4.69, 9.17) is 0 Å². The number of thiophene rings is 1. The summed E-state index contributed by atoms with van der Waals surface area (Å²) in [6.07, 6.45) is 0. The van der Waals surface area contributed by atoms with E-state index in [1.807, 2.05) is 11.3 Å². The summed E-state index contributed by atoms with van der Waals surface area (Å²) in [4.78, 5) is 3.08. The quantitative estimate of drug-likeness (QED) is 0.535. The molecule has 0 aliphatic carbocycles. The molecule has 0 aliphatic heterocycles. The van der Waals surface area contributed by atoms with Gasteiger partial charge in [0.05, 0.1) is 4.83 Å². The number of aryl methyl sites for hydroxylation is 4. The first-order valence-corrected chi connectivity index (χ1v) is 8.40. The predicted molar refractivity (Wildman–Crippen MR) is 88.2 cm³/mol. The summed E-state index contributed by atoms with van der Waals surface area (Å²) in [5.74, 6) is 0. The largest absolute Gasteiger partial charge is 0.144 e. The highest BCUT2D eigenvalue weighted by molar-refractivity contribution is 9.10. The maximum atomic E-state index is 3.85. The highest BCUT2D eigenvalue weighted by Gasteiger charge is 2.16. The first-order valence-electron chi connectivity index (χ1n) is 5.87. The van der Waals surface area contributed by atoms with Gasteiger partial charge < -0.3 is 0 Å². The van der Waals surface area contributed by atoms with Gasteiger partial charge in [-0.1, -0.05) is 37.9 Å². The molecule has 0 saturated heterocycles. The molecule has 0 spiro atoms.